The number of aliphatic hydroxyl groups excluding tert-OH is 2. The molecule has 0 saturated carbocycles. The van der Waals surface area contributed by atoms with Crippen molar-refractivity contribution in [2.24, 2.45) is 0 Å². The van der Waals surface area contributed by atoms with Crippen LogP contribution in [0.25, 0.3) is 0 Å². The molecule has 0 bridgehead atoms. The molecule has 0 aromatic carbocycles. The molecule has 0 fully saturated rings. The Labute approximate surface area is 71.0 Å². The van der Waals surface area contributed by atoms with Crippen molar-refractivity contribution in [2.75, 3.05) is 6.54 Å². The second-order valence-corrected chi connectivity index (χ2v) is 3.82. The number of aliphatic hydroxyl groups is 2. The summed E-state index contributed by atoms with van der Waals surface area (Å²) in [5.74, 6) is 0. The molecule has 0 aliphatic heterocycles. The van der Waals surface area contributed by atoms with Gasteiger partial charge in [-0.25, -0.2) is 0 Å². The molecule has 0 aliphatic rings. The van der Waals surface area contributed by atoms with Crippen LogP contribution >= 0.6 is 0 Å². The van der Waals surface area contributed by atoms with Gasteiger partial charge in [-0.2, -0.15) is 8.42 Å². The van der Waals surface area contributed by atoms with E-state index in [-0.39, 0.29) is 0 Å². The van der Waals surface area contributed by atoms with Gasteiger partial charge in [0.25, 0.3) is 10.1 Å². The van der Waals surface area contributed by atoms with Crippen LogP contribution in [0.15, 0.2) is 0 Å². The molecule has 6 nitrogen and oxygen atoms in total. The quantitative estimate of drug-likeness (QED) is 0.317. The Kier molecular flexibility index (Phi) is 4.64. The van der Waals surface area contributed by atoms with E-state index >= 15 is 0 Å². The van der Waals surface area contributed by atoms with Crippen molar-refractivity contribution in [3.8, 4) is 0 Å². The third-order valence-electron chi connectivity index (χ3n) is 1.18. The van der Waals surface area contributed by atoms with E-state index in [1.54, 1.807) is 6.92 Å². The van der Waals surface area contributed by atoms with Crippen LogP contribution in [0.2, 0.25) is 0 Å². The van der Waals surface area contributed by atoms with E-state index in [1.807, 2.05) is 0 Å². The molecular formula is C5H13NO5S. The number of rotatable bonds is 5. The predicted molar refractivity (Wildman–Crippen MR) is 41.9 cm³/mol. The molecule has 0 amide bonds. The van der Waals surface area contributed by atoms with Gasteiger partial charge in [0.05, 0.1) is 0 Å². The van der Waals surface area contributed by atoms with Crippen molar-refractivity contribution in [3.63, 3.8) is 0 Å². The molecule has 0 spiro atoms. The Morgan fingerprint density at radius 1 is 1.42 bits per heavy atom. The van der Waals surface area contributed by atoms with Crippen molar-refractivity contribution >= 4 is 10.1 Å². The lowest BCUT2D eigenvalue weighted by Gasteiger charge is -2.15. The van der Waals surface area contributed by atoms with Gasteiger partial charge < -0.3 is 10.2 Å². The van der Waals surface area contributed by atoms with E-state index in [9.17, 15) is 8.42 Å². The van der Waals surface area contributed by atoms with Crippen LogP contribution < -0.4 is 5.32 Å². The van der Waals surface area contributed by atoms with Gasteiger partial charge in [-0.15, -0.1) is 0 Å². The molecule has 74 valence electrons. The normalized spacial score (nSPS) is 17.3. The van der Waals surface area contributed by atoms with Crippen molar-refractivity contribution in [2.45, 2.75) is 25.0 Å². The van der Waals surface area contributed by atoms with Crippen LogP contribution in [-0.4, -0.2) is 41.4 Å². The third kappa shape index (κ3) is 3.98. The molecule has 2 unspecified atom stereocenters. The van der Waals surface area contributed by atoms with E-state index in [4.69, 9.17) is 14.8 Å². The van der Waals surface area contributed by atoms with E-state index in [1.165, 1.54) is 0 Å². The van der Waals surface area contributed by atoms with E-state index in [2.05, 4.69) is 5.32 Å². The highest BCUT2D eigenvalue weighted by Crippen LogP contribution is 1.98. The van der Waals surface area contributed by atoms with Crippen molar-refractivity contribution in [3.05, 3.63) is 0 Å². The second-order valence-electron chi connectivity index (χ2n) is 2.30. The monoisotopic (exact) mass is 199 g/mol. The summed E-state index contributed by atoms with van der Waals surface area (Å²) in [4.78, 5) is 0. The fraction of sp³-hybridized carbons (Fsp3) is 1.00. The summed E-state index contributed by atoms with van der Waals surface area (Å²) >= 11 is 0. The summed E-state index contributed by atoms with van der Waals surface area (Å²) in [5.41, 5.74) is -2.19. The first-order chi connectivity index (χ1) is 5.39. The standard InChI is InChI=1S/C5H13NO5S/c1-2-3-6-4(7)5(8)12(9,10)11/h4-8H,2-3H2,1H3,(H,9,10,11). The van der Waals surface area contributed by atoms with Gasteiger partial charge in [-0.3, -0.25) is 9.87 Å². The molecule has 0 rings (SSSR count). The zero-order valence-electron chi connectivity index (χ0n) is 6.64. The maximum atomic E-state index is 10.2. The number of hydrogen-bond donors (Lipinski definition) is 4. The lowest BCUT2D eigenvalue weighted by atomic mass is 10.4. The maximum Gasteiger partial charge on any atom is 0.296 e. The maximum absolute atomic E-state index is 10.2. The van der Waals surface area contributed by atoms with Crippen LogP contribution in [0.1, 0.15) is 13.3 Å². The second kappa shape index (κ2) is 4.73. The van der Waals surface area contributed by atoms with Crippen LogP contribution in [0, 0.1) is 0 Å². The van der Waals surface area contributed by atoms with Gasteiger partial charge in [-0.05, 0) is 13.0 Å². The van der Waals surface area contributed by atoms with Crippen LogP contribution in [-0.2, 0) is 10.1 Å². The molecule has 4 N–H and O–H groups in total. The fourth-order valence-corrected chi connectivity index (χ4v) is 0.978. The van der Waals surface area contributed by atoms with Crippen LogP contribution in [0.5, 0.6) is 0 Å². The molecule has 0 aliphatic carbocycles. The SMILES string of the molecule is CCCNC(O)C(O)S(=O)(=O)O. The lowest BCUT2D eigenvalue weighted by Crippen LogP contribution is -2.44. The van der Waals surface area contributed by atoms with E-state index in [0.29, 0.717) is 13.0 Å². The largest absolute Gasteiger partial charge is 0.375 e. The zero-order chi connectivity index (χ0) is 9.78. The topological polar surface area (TPSA) is 107 Å². The minimum absolute atomic E-state index is 0.355. The van der Waals surface area contributed by atoms with Crippen molar-refractivity contribution in [1.82, 2.24) is 5.32 Å². The first kappa shape index (κ1) is 11.8. The van der Waals surface area contributed by atoms with Gasteiger partial charge in [0, 0.05) is 0 Å². The average Bonchev–Trinajstić information content (AvgIpc) is 1.97. The minimum Gasteiger partial charge on any atom is -0.375 e. The molecular weight excluding hydrogens is 186 g/mol. The molecule has 2 atom stereocenters. The van der Waals surface area contributed by atoms with E-state index < -0.39 is 21.8 Å². The third-order valence-corrected chi connectivity index (χ3v) is 2.05. The molecule has 0 aromatic heterocycles. The predicted octanol–water partition coefficient (Wildman–Crippen LogP) is -1.49. The fourth-order valence-electron chi connectivity index (χ4n) is 0.556. The number of nitrogens with one attached hydrogen (secondary N) is 1. The molecule has 0 saturated heterocycles. The summed E-state index contributed by atoms with van der Waals surface area (Å²) in [6.45, 7) is 2.16. The smallest absolute Gasteiger partial charge is 0.296 e. The number of hydrogen-bond acceptors (Lipinski definition) is 5. The Balaban J connectivity index is 4.02. The molecule has 0 heterocycles. The average molecular weight is 199 g/mol. The first-order valence-electron chi connectivity index (χ1n) is 3.45. The Bertz CT molecular complexity index is 214. The molecule has 0 aromatic rings. The van der Waals surface area contributed by atoms with Gasteiger partial charge in [0.1, 0.15) is 6.23 Å². The summed E-state index contributed by atoms with van der Waals surface area (Å²) in [7, 11) is -4.59. The van der Waals surface area contributed by atoms with Crippen LogP contribution in [0.4, 0.5) is 0 Å². The first-order valence-corrected chi connectivity index (χ1v) is 4.95. The molecule has 12 heavy (non-hydrogen) atoms. The van der Waals surface area contributed by atoms with Crippen molar-refractivity contribution in [1.29, 1.82) is 0 Å². The Morgan fingerprint density at radius 2 is 1.92 bits per heavy atom. The Hall–Kier alpha value is -0.210. The van der Waals surface area contributed by atoms with Gasteiger partial charge in [0.15, 0.2) is 0 Å². The summed E-state index contributed by atoms with van der Waals surface area (Å²) in [5, 5.41) is 19.9. The summed E-state index contributed by atoms with van der Waals surface area (Å²) in [6, 6.07) is 0. The zero-order valence-corrected chi connectivity index (χ0v) is 7.45. The van der Waals surface area contributed by atoms with Gasteiger partial charge in [0.2, 0.25) is 5.44 Å². The Morgan fingerprint density at radius 3 is 2.25 bits per heavy atom. The summed E-state index contributed by atoms with van der Waals surface area (Å²) < 4.78 is 28.8. The van der Waals surface area contributed by atoms with Crippen molar-refractivity contribution < 1.29 is 23.2 Å². The van der Waals surface area contributed by atoms with Gasteiger partial charge >= 0.3 is 0 Å². The van der Waals surface area contributed by atoms with Gasteiger partial charge in [-0.1, -0.05) is 6.92 Å². The van der Waals surface area contributed by atoms with E-state index in [0.717, 1.165) is 0 Å². The molecule has 0 radical (unpaired) electrons. The van der Waals surface area contributed by atoms with Crippen LogP contribution in [0.3, 0.4) is 0 Å². The molecule has 7 heteroatoms. The minimum atomic E-state index is -4.59. The highest BCUT2D eigenvalue weighted by atomic mass is 32.2. The summed E-state index contributed by atoms with van der Waals surface area (Å²) in [6.07, 6.45) is -0.977. The highest BCUT2D eigenvalue weighted by Gasteiger charge is 2.27. The lowest BCUT2D eigenvalue weighted by molar-refractivity contribution is 0.0386. The highest BCUT2D eigenvalue weighted by molar-refractivity contribution is 7.86.